The Labute approximate surface area is 158 Å². The van der Waals surface area contributed by atoms with Crippen molar-refractivity contribution in [2.24, 2.45) is 5.92 Å². The quantitative estimate of drug-likeness (QED) is 0.530. The highest BCUT2D eigenvalue weighted by Gasteiger charge is 2.31. The van der Waals surface area contributed by atoms with Crippen molar-refractivity contribution in [1.29, 1.82) is 0 Å². The number of hydrogen-bond donors (Lipinski definition) is 3. The summed E-state index contributed by atoms with van der Waals surface area (Å²) in [6.07, 6.45) is 5.96. The molecule has 0 aliphatic heterocycles. The van der Waals surface area contributed by atoms with Crippen LogP contribution in [0.5, 0.6) is 0 Å². The van der Waals surface area contributed by atoms with Gasteiger partial charge in [0.15, 0.2) is 5.69 Å². The van der Waals surface area contributed by atoms with E-state index in [1.165, 1.54) is 13.0 Å². The zero-order valence-corrected chi connectivity index (χ0v) is 15.2. The van der Waals surface area contributed by atoms with Gasteiger partial charge >= 0.3 is 5.97 Å². The number of nitrogens with one attached hydrogen (secondary N) is 2. The Kier molecular flexibility index (Phi) is 7.12. The minimum Gasteiger partial charge on any atom is -0.480 e. The van der Waals surface area contributed by atoms with E-state index < -0.39 is 23.8 Å². The summed E-state index contributed by atoms with van der Waals surface area (Å²) in [5, 5.41) is 14.6. The highest BCUT2D eigenvalue weighted by atomic mass is 16.4. The molecule has 0 bridgehead atoms. The summed E-state index contributed by atoms with van der Waals surface area (Å²) in [4.78, 5) is 39.1. The summed E-state index contributed by atoms with van der Waals surface area (Å²) in [6.45, 7) is 8.24. The van der Waals surface area contributed by atoms with Crippen molar-refractivity contribution in [1.82, 2.24) is 10.6 Å². The van der Waals surface area contributed by atoms with Gasteiger partial charge in [0.05, 0.1) is 6.57 Å². The number of carboxylic acid groups (broad SMARTS) is 1. The van der Waals surface area contributed by atoms with Gasteiger partial charge in [0.25, 0.3) is 5.91 Å². The molecule has 1 unspecified atom stereocenters. The Morgan fingerprint density at radius 1 is 1.19 bits per heavy atom. The van der Waals surface area contributed by atoms with Crippen molar-refractivity contribution in [2.75, 3.05) is 0 Å². The lowest BCUT2D eigenvalue weighted by atomic mass is 9.84. The molecule has 3 N–H and O–H groups in total. The van der Waals surface area contributed by atoms with Crippen LogP contribution in [0, 0.1) is 12.5 Å². The smallest absolute Gasteiger partial charge is 0.326 e. The van der Waals surface area contributed by atoms with Gasteiger partial charge in [-0.25, -0.2) is 9.64 Å². The summed E-state index contributed by atoms with van der Waals surface area (Å²) in [5.41, 5.74) is 1.05. The molecule has 1 aliphatic rings. The second-order valence-corrected chi connectivity index (χ2v) is 6.63. The molecule has 0 radical (unpaired) electrons. The lowest BCUT2D eigenvalue weighted by molar-refractivity contribution is -0.143. The molecule has 1 aromatic rings. The van der Waals surface area contributed by atoms with Crippen LogP contribution in [0.2, 0.25) is 0 Å². The fourth-order valence-corrected chi connectivity index (χ4v) is 3.23. The molecule has 0 aromatic heterocycles. The maximum atomic E-state index is 12.7. The number of benzene rings is 1. The minimum absolute atomic E-state index is 0.0277. The molecule has 0 spiro atoms. The van der Waals surface area contributed by atoms with E-state index in [0.29, 0.717) is 11.3 Å². The Morgan fingerprint density at radius 3 is 2.33 bits per heavy atom. The first-order valence-electron chi connectivity index (χ1n) is 8.91. The minimum atomic E-state index is -1.07. The largest absolute Gasteiger partial charge is 0.480 e. The Balaban J connectivity index is 2.21. The molecule has 1 aliphatic carbocycles. The lowest BCUT2D eigenvalue weighted by Gasteiger charge is -2.28. The Morgan fingerprint density at radius 2 is 1.81 bits per heavy atom. The van der Waals surface area contributed by atoms with Gasteiger partial charge in [0, 0.05) is 6.92 Å². The van der Waals surface area contributed by atoms with Crippen molar-refractivity contribution in [3.05, 3.63) is 46.9 Å². The summed E-state index contributed by atoms with van der Waals surface area (Å²) < 4.78 is 0. The van der Waals surface area contributed by atoms with Crippen LogP contribution < -0.4 is 10.6 Å². The van der Waals surface area contributed by atoms with Gasteiger partial charge in [-0.3, -0.25) is 9.59 Å². The molecule has 1 saturated carbocycles. The van der Waals surface area contributed by atoms with E-state index in [1.54, 1.807) is 24.3 Å². The molecule has 27 heavy (non-hydrogen) atoms. The summed E-state index contributed by atoms with van der Waals surface area (Å²) >= 11 is 0. The Hall–Kier alpha value is -3.14. The molecule has 7 heteroatoms. The standard InChI is InChI=1S/C20H23N3O4/c1-13(24)22-17(12-14-8-10-16(21-2)11-9-14)19(25)23-18(20(26)27)15-6-4-3-5-7-15/h8-12,15,18H,3-7H2,1H3,(H,22,24)(H,23,25)(H,26,27). The number of carbonyl (C=O) groups excluding carboxylic acids is 2. The van der Waals surface area contributed by atoms with E-state index >= 15 is 0 Å². The molecule has 0 saturated heterocycles. The second kappa shape index (κ2) is 9.53. The number of amides is 2. The van der Waals surface area contributed by atoms with E-state index in [9.17, 15) is 19.5 Å². The van der Waals surface area contributed by atoms with Crippen molar-refractivity contribution >= 4 is 29.5 Å². The summed E-state index contributed by atoms with van der Waals surface area (Å²) in [7, 11) is 0. The van der Waals surface area contributed by atoms with Crippen LogP contribution in [0.15, 0.2) is 30.0 Å². The van der Waals surface area contributed by atoms with Crippen LogP contribution in [-0.2, 0) is 14.4 Å². The van der Waals surface area contributed by atoms with Crippen LogP contribution >= 0.6 is 0 Å². The maximum Gasteiger partial charge on any atom is 0.326 e. The molecular weight excluding hydrogens is 346 g/mol. The third-order valence-electron chi connectivity index (χ3n) is 4.56. The van der Waals surface area contributed by atoms with Crippen molar-refractivity contribution in [2.45, 2.75) is 45.1 Å². The molecule has 7 nitrogen and oxygen atoms in total. The number of carbonyl (C=O) groups is 3. The molecular formula is C20H23N3O4. The van der Waals surface area contributed by atoms with Crippen LogP contribution in [0.1, 0.15) is 44.6 Å². The van der Waals surface area contributed by atoms with Crippen molar-refractivity contribution < 1.29 is 19.5 Å². The first kappa shape index (κ1) is 20.2. The first-order chi connectivity index (χ1) is 12.9. The van der Waals surface area contributed by atoms with Crippen molar-refractivity contribution in [3.63, 3.8) is 0 Å². The highest BCUT2D eigenvalue weighted by Crippen LogP contribution is 2.27. The molecule has 1 fully saturated rings. The third kappa shape index (κ3) is 5.96. The zero-order chi connectivity index (χ0) is 19.8. The van der Waals surface area contributed by atoms with E-state index in [2.05, 4.69) is 15.5 Å². The molecule has 0 heterocycles. The van der Waals surface area contributed by atoms with Crippen LogP contribution in [-0.4, -0.2) is 28.9 Å². The van der Waals surface area contributed by atoms with Gasteiger partial charge in [-0.05, 0) is 30.4 Å². The molecule has 142 valence electrons. The molecule has 2 amide bonds. The first-order valence-corrected chi connectivity index (χ1v) is 8.91. The monoisotopic (exact) mass is 369 g/mol. The average Bonchev–Trinajstić information content (AvgIpc) is 2.66. The predicted molar refractivity (Wildman–Crippen MR) is 101 cm³/mol. The summed E-state index contributed by atoms with van der Waals surface area (Å²) in [6, 6.07) is 5.52. The number of rotatable bonds is 6. The Bertz CT molecular complexity index is 771. The van der Waals surface area contributed by atoms with Crippen LogP contribution in [0.4, 0.5) is 5.69 Å². The van der Waals surface area contributed by atoms with Crippen LogP contribution in [0.25, 0.3) is 10.9 Å². The average molecular weight is 369 g/mol. The van der Waals surface area contributed by atoms with Gasteiger partial charge in [-0.2, -0.15) is 0 Å². The van der Waals surface area contributed by atoms with E-state index in [1.807, 2.05) is 0 Å². The van der Waals surface area contributed by atoms with E-state index in [-0.39, 0.29) is 11.6 Å². The number of aliphatic carboxylic acids is 1. The van der Waals surface area contributed by atoms with Gasteiger partial charge in [-0.1, -0.05) is 43.5 Å². The number of hydrogen-bond acceptors (Lipinski definition) is 3. The van der Waals surface area contributed by atoms with E-state index in [4.69, 9.17) is 6.57 Å². The number of carboxylic acids is 1. The second-order valence-electron chi connectivity index (χ2n) is 6.63. The highest BCUT2D eigenvalue weighted by molar-refractivity contribution is 6.02. The fraction of sp³-hybridized carbons (Fsp3) is 0.400. The lowest BCUT2D eigenvalue weighted by Crippen LogP contribution is -2.48. The topological polar surface area (TPSA) is 99.9 Å². The van der Waals surface area contributed by atoms with Gasteiger partial charge in [0.2, 0.25) is 5.91 Å². The normalized spacial score (nSPS) is 16.1. The van der Waals surface area contributed by atoms with Gasteiger partial charge in [-0.15, -0.1) is 0 Å². The molecule has 1 aromatic carbocycles. The van der Waals surface area contributed by atoms with Crippen LogP contribution in [0.3, 0.4) is 0 Å². The van der Waals surface area contributed by atoms with Crippen molar-refractivity contribution in [3.8, 4) is 0 Å². The van der Waals surface area contributed by atoms with E-state index in [0.717, 1.165) is 32.1 Å². The maximum absolute atomic E-state index is 12.7. The predicted octanol–water partition coefficient (Wildman–Crippen LogP) is 2.86. The summed E-state index contributed by atoms with van der Waals surface area (Å²) in [5.74, 6) is -2.26. The fourth-order valence-electron chi connectivity index (χ4n) is 3.23. The molecule has 2 rings (SSSR count). The third-order valence-corrected chi connectivity index (χ3v) is 4.56. The zero-order valence-electron chi connectivity index (χ0n) is 15.2. The number of nitrogens with zero attached hydrogens (tertiary/aromatic N) is 1. The molecule has 1 atom stereocenters. The van der Waals surface area contributed by atoms with Gasteiger partial charge < -0.3 is 15.7 Å². The SMILES string of the molecule is [C-]#[N+]c1ccc(C=C(NC(C)=O)C(=O)NC(C(=O)O)C2CCCCC2)cc1. The van der Waals surface area contributed by atoms with Gasteiger partial charge in [0.1, 0.15) is 11.7 Å².